The van der Waals surface area contributed by atoms with E-state index >= 15 is 0 Å². The number of hydrogen-bond acceptors (Lipinski definition) is 2. The van der Waals surface area contributed by atoms with E-state index in [0.717, 1.165) is 5.75 Å². The van der Waals surface area contributed by atoms with Gasteiger partial charge in [-0.2, -0.15) is 0 Å². The van der Waals surface area contributed by atoms with Crippen molar-refractivity contribution in [2.24, 2.45) is 5.73 Å². The average molecular weight is 342 g/mol. The van der Waals surface area contributed by atoms with E-state index in [4.69, 9.17) is 10.5 Å². The Kier molecular flexibility index (Phi) is 5.92. The van der Waals surface area contributed by atoms with Crippen molar-refractivity contribution in [3.63, 3.8) is 0 Å². The lowest BCUT2D eigenvalue weighted by molar-refractivity contribution is 0.243. The molecule has 1 rings (SSSR count). The molecule has 0 amide bonds. The summed E-state index contributed by atoms with van der Waals surface area (Å²) >= 11 is 2.31. The molecule has 86 valence electrons. The van der Waals surface area contributed by atoms with E-state index in [0.29, 0.717) is 6.61 Å². The van der Waals surface area contributed by atoms with E-state index in [1.54, 1.807) is 0 Å². The lowest BCUT2D eigenvalue weighted by Gasteiger charge is -2.19. The van der Waals surface area contributed by atoms with Gasteiger partial charge in [0.15, 0.2) is 0 Å². The molecule has 0 aliphatic rings. The first-order chi connectivity index (χ1) is 6.38. The van der Waals surface area contributed by atoms with Crippen LogP contribution in [0.4, 0.5) is 0 Å². The highest BCUT2D eigenvalue weighted by Gasteiger charge is 2.11. The normalized spacial score (nSPS) is 10.7. The predicted octanol–water partition coefficient (Wildman–Crippen LogP) is 3.14. The van der Waals surface area contributed by atoms with Crippen molar-refractivity contribution in [3.8, 4) is 5.75 Å². The zero-order chi connectivity index (χ0) is 10.8. The average Bonchev–Trinajstić information content (AvgIpc) is 2.06. The number of rotatable bonds is 3. The van der Waals surface area contributed by atoms with Gasteiger partial charge >= 0.3 is 0 Å². The van der Waals surface area contributed by atoms with Gasteiger partial charge in [-0.05, 0) is 67.1 Å². The zero-order valence-corrected chi connectivity index (χ0v) is 12.2. The lowest BCUT2D eigenvalue weighted by atomic mass is 10.1. The molecule has 0 fully saturated rings. The maximum Gasteiger partial charge on any atom is 0.119 e. The van der Waals surface area contributed by atoms with E-state index in [1.807, 2.05) is 26.0 Å². The summed E-state index contributed by atoms with van der Waals surface area (Å²) in [5.41, 5.74) is 6.78. The molecule has 0 atom stereocenters. The van der Waals surface area contributed by atoms with Crippen molar-refractivity contribution < 1.29 is 4.74 Å². The molecule has 2 N–H and O–H groups in total. The van der Waals surface area contributed by atoms with Gasteiger partial charge in [-0.15, -0.1) is 12.4 Å². The van der Waals surface area contributed by atoms with Crippen LogP contribution in [0, 0.1) is 10.5 Å². The molecule has 0 saturated heterocycles. The molecule has 0 bridgehead atoms. The number of aryl methyl sites for hydroxylation is 1. The Morgan fingerprint density at radius 3 is 2.47 bits per heavy atom. The highest BCUT2D eigenvalue weighted by molar-refractivity contribution is 14.1. The first-order valence-electron chi connectivity index (χ1n) is 4.56. The highest BCUT2D eigenvalue weighted by atomic mass is 127. The quantitative estimate of drug-likeness (QED) is 0.857. The van der Waals surface area contributed by atoms with E-state index in [9.17, 15) is 0 Å². The molecule has 0 radical (unpaired) electrons. The molecule has 2 nitrogen and oxygen atoms in total. The molecule has 0 heterocycles. The number of hydrogen-bond donors (Lipinski definition) is 1. The van der Waals surface area contributed by atoms with Crippen molar-refractivity contribution >= 4 is 35.0 Å². The van der Waals surface area contributed by atoms with Crippen molar-refractivity contribution in [3.05, 3.63) is 27.3 Å². The zero-order valence-electron chi connectivity index (χ0n) is 9.21. The molecule has 1 aromatic rings. The van der Waals surface area contributed by atoms with E-state index in [2.05, 4.69) is 35.6 Å². The van der Waals surface area contributed by atoms with Gasteiger partial charge < -0.3 is 10.5 Å². The van der Waals surface area contributed by atoms with Crippen molar-refractivity contribution in [2.45, 2.75) is 26.3 Å². The molecule has 0 aliphatic carbocycles. The largest absolute Gasteiger partial charge is 0.492 e. The molecule has 0 spiro atoms. The van der Waals surface area contributed by atoms with Crippen LogP contribution in [0.5, 0.6) is 5.75 Å². The van der Waals surface area contributed by atoms with E-state index in [-0.39, 0.29) is 17.9 Å². The molecule has 4 heteroatoms. The van der Waals surface area contributed by atoms with Crippen molar-refractivity contribution in [2.75, 3.05) is 6.61 Å². The van der Waals surface area contributed by atoms with Gasteiger partial charge in [-0.1, -0.05) is 0 Å². The summed E-state index contributed by atoms with van der Waals surface area (Å²) in [6.07, 6.45) is 0. The van der Waals surface area contributed by atoms with Gasteiger partial charge in [0.25, 0.3) is 0 Å². The van der Waals surface area contributed by atoms with Gasteiger partial charge in [0, 0.05) is 9.11 Å². The fourth-order valence-electron chi connectivity index (χ4n) is 0.976. The third kappa shape index (κ3) is 5.58. The van der Waals surface area contributed by atoms with Crippen LogP contribution in [0.3, 0.4) is 0 Å². The van der Waals surface area contributed by atoms with Crippen LogP contribution >= 0.6 is 35.0 Å². The van der Waals surface area contributed by atoms with Gasteiger partial charge in [0.05, 0.1) is 0 Å². The Hall–Kier alpha value is -0.0000000000000000555. The molecule has 0 unspecified atom stereocenters. The van der Waals surface area contributed by atoms with Crippen LogP contribution in [0.2, 0.25) is 0 Å². The maximum absolute atomic E-state index is 5.82. The minimum Gasteiger partial charge on any atom is -0.492 e. The van der Waals surface area contributed by atoms with Crippen molar-refractivity contribution in [1.29, 1.82) is 0 Å². The van der Waals surface area contributed by atoms with Crippen LogP contribution in [0.1, 0.15) is 19.4 Å². The fourth-order valence-corrected chi connectivity index (χ4v) is 1.31. The summed E-state index contributed by atoms with van der Waals surface area (Å²) < 4.78 is 6.83. The molecule has 0 saturated carbocycles. The summed E-state index contributed by atoms with van der Waals surface area (Å²) in [4.78, 5) is 0. The molecule has 0 aromatic heterocycles. The van der Waals surface area contributed by atoms with E-state index < -0.39 is 0 Å². The fraction of sp³-hybridized carbons (Fsp3) is 0.455. The minimum atomic E-state index is -0.281. The lowest BCUT2D eigenvalue weighted by Crippen LogP contribution is -2.38. The Bertz CT molecular complexity index is 323. The number of ether oxygens (including phenoxy) is 1. The van der Waals surface area contributed by atoms with E-state index in [1.165, 1.54) is 9.13 Å². The molecule has 1 aromatic carbocycles. The third-order valence-corrected chi connectivity index (χ3v) is 2.95. The first-order valence-corrected chi connectivity index (χ1v) is 5.64. The Morgan fingerprint density at radius 2 is 2.00 bits per heavy atom. The Balaban J connectivity index is 0.00000196. The molecular weight excluding hydrogens is 324 g/mol. The van der Waals surface area contributed by atoms with Crippen LogP contribution in [0.25, 0.3) is 0 Å². The highest BCUT2D eigenvalue weighted by Crippen LogP contribution is 2.19. The van der Waals surface area contributed by atoms with Gasteiger partial charge in [-0.25, -0.2) is 0 Å². The number of nitrogens with two attached hydrogens (primary N) is 1. The number of halogens is 2. The van der Waals surface area contributed by atoms with Crippen LogP contribution < -0.4 is 10.5 Å². The summed E-state index contributed by atoms with van der Waals surface area (Å²) in [5.74, 6) is 0.890. The van der Waals surface area contributed by atoms with Gasteiger partial charge in [-0.3, -0.25) is 0 Å². The third-order valence-electron chi connectivity index (χ3n) is 1.74. The second kappa shape index (κ2) is 5.92. The minimum absolute atomic E-state index is 0. The topological polar surface area (TPSA) is 35.2 Å². The SMILES string of the molecule is Cc1cc(OCC(C)(C)N)ccc1I.Cl. The Labute approximate surface area is 111 Å². The Morgan fingerprint density at radius 1 is 1.40 bits per heavy atom. The molecule has 15 heavy (non-hydrogen) atoms. The summed E-state index contributed by atoms with van der Waals surface area (Å²) in [5, 5.41) is 0. The van der Waals surface area contributed by atoms with Gasteiger partial charge in [0.2, 0.25) is 0 Å². The molecule has 0 aliphatic heterocycles. The first kappa shape index (κ1) is 15.0. The summed E-state index contributed by atoms with van der Waals surface area (Å²) in [7, 11) is 0. The smallest absolute Gasteiger partial charge is 0.119 e. The van der Waals surface area contributed by atoms with Crippen LogP contribution in [-0.4, -0.2) is 12.1 Å². The number of benzene rings is 1. The maximum atomic E-state index is 5.82. The predicted molar refractivity (Wildman–Crippen MR) is 74.9 cm³/mol. The van der Waals surface area contributed by atoms with Crippen molar-refractivity contribution in [1.82, 2.24) is 0 Å². The second-order valence-corrected chi connectivity index (χ2v) is 5.35. The molecular formula is C11H17ClINO. The summed E-state index contributed by atoms with van der Waals surface area (Å²) in [6, 6.07) is 6.06. The van der Waals surface area contributed by atoms with Crippen LogP contribution in [-0.2, 0) is 0 Å². The standard InChI is InChI=1S/C11H16INO.ClH/c1-8-6-9(4-5-10(8)12)14-7-11(2,3)13;/h4-6H,7,13H2,1-3H3;1H. The second-order valence-electron chi connectivity index (χ2n) is 4.19. The summed E-state index contributed by atoms with van der Waals surface area (Å²) in [6.45, 7) is 6.51. The van der Waals surface area contributed by atoms with Crippen LogP contribution in [0.15, 0.2) is 18.2 Å². The van der Waals surface area contributed by atoms with Gasteiger partial charge in [0.1, 0.15) is 12.4 Å². The monoisotopic (exact) mass is 341 g/mol.